The summed E-state index contributed by atoms with van der Waals surface area (Å²) in [5, 5.41) is 0. The molecule has 55 heavy (non-hydrogen) atoms. The third-order valence-electron chi connectivity index (χ3n) is 11.2. The van der Waals surface area contributed by atoms with Crippen LogP contribution in [0, 0.1) is 0 Å². The summed E-state index contributed by atoms with van der Waals surface area (Å²) in [6.45, 7) is 0. The Balaban J connectivity index is 0.908. The lowest BCUT2D eigenvalue weighted by Gasteiger charge is -2.36. The number of esters is 1. The predicted molar refractivity (Wildman–Crippen MR) is 198 cm³/mol. The molecule has 0 bridgehead atoms. The third-order valence-corrected chi connectivity index (χ3v) is 11.2. The molecule has 0 aromatic heterocycles. The van der Waals surface area contributed by atoms with E-state index in [2.05, 4.69) is 0 Å². The Morgan fingerprint density at radius 3 is 1.51 bits per heavy atom. The fourth-order valence-corrected chi connectivity index (χ4v) is 8.44. The summed E-state index contributed by atoms with van der Waals surface area (Å²) in [6.07, 6.45) is 1.85. The Labute approximate surface area is 316 Å². The van der Waals surface area contributed by atoms with Gasteiger partial charge in [0.2, 0.25) is 0 Å². The van der Waals surface area contributed by atoms with Gasteiger partial charge in [-0.2, -0.15) is 0 Å². The van der Waals surface area contributed by atoms with Crippen LogP contribution in [0.3, 0.4) is 0 Å². The van der Waals surface area contributed by atoms with Crippen molar-refractivity contribution in [3.8, 4) is 23.0 Å². The molecular weight excluding hydrogens is 700 g/mol. The van der Waals surface area contributed by atoms with Crippen LogP contribution >= 0.6 is 0 Å². The monoisotopic (exact) mass is 734 g/mol. The molecule has 11 nitrogen and oxygen atoms in total. The molecule has 0 N–H and O–H groups in total. The summed E-state index contributed by atoms with van der Waals surface area (Å²) >= 11 is 0. The summed E-state index contributed by atoms with van der Waals surface area (Å²) in [5.74, 6) is 0.144. The lowest BCUT2D eigenvalue weighted by molar-refractivity contribution is 0.0250. The van der Waals surface area contributed by atoms with E-state index in [-0.39, 0.29) is 35.4 Å². The average molecular weight is 735 g/mol. The van der Waals surface area contributed by atoms with Gasteiger partial charge >= 0.3 is 5.97 Å². The number of methoxy groups -OCH3 is 2. The highest BCUT2D eigenvalue weighted by molar-refractivity contribution is 6.22. The van der Waals surface area contributed by atoms with Gasteiger partial charge in [-0.3, -0.25) is 29.0 Å². The molecule has 9 rings (SSSR count). The number of benzene rings is 5. The number of carbonyl (C=O) groups is 5. The van der Waals surface area contributed by atoms with Crippen molar-refractivity contribution in [2.24, 2.45) is 0 Å². The number of amides is 4. The second-order valence-electron chi connectivity index (χ2n) is 14.0. The van der Waals surface area contributed by atoms with Crippen molar-refractivity contribution in [3.63, 3.8) is 0 Å². The first-order valence-corrected chi connectivity index (χ1v) is 18.1. The fourth-order valence-electron chi connectivity index (χ4n) is 8.44. The van der Waals surface area contributed by atoms with Crippen LogP contribution in [-0.2, 0) is 10.3 Å². The van der Waals surface area contributed by atoms with Gasteiger partial charge in [-0.05, 0) is 92.4 Å². The molecule has 3 aliphatic heterocycles. The van der Waals surface area contributed by atoms with Gasteiger partial charge < -0.3 is 18.9 Å². The van der Waals surface area contributed by atoms with Crippen molar-refractivity contribution < 1.29 is 42.9 Å². The standard InChI is InChI=1S/C44H34N2O9/c1-52-29-15-7-25(8-16-29)44(38-6-4-3-5-35(38)43(51)55-44)26-9-17-30(18-10-26)54-32-20-22-34-37(24-32)42(50)46(40(34)48)28-13-11-27(12-14-28)45-39(47)33-21-19-31(53-2)23-36(33)41(45)49/h3-10,15-24,27-28H,11-14H2,1-2H3. The number of imide groups is 2. The second-order valence-corrected chi connectivity index (χ2v) is 14.0. The number of ether oxygens (including phenoxy) is 4. The van der Waals surface area contributed by atoms with Crippen LogP contribution in [0.2, 0.25) is 0 Å². The molecule has 274 valence electrons. The lowest BCUT2D eigenvalue weighted by Crippen LogP contribution is -2.47. The summed E-state index contributed by atoms with van der Waals surface area (Å²) in [4.78, 5) is 69.5. The van der Waals surface area contributed by atoms with Crippen LogP contribution in [0.25, 0.3) is 0 Å². The van der Waals surface area contributed by atoms with Crippen LogP contribution in [0.5, 0.6) is 23.0 Å². The fraction of sp³-hybridized carbons (Fsp3) is 0.205. The SMILES string of the molecule is COc1ccc(C2(c3ccc(Oc4ccc5c(c4)C(=O)N(C4CCC(N6C(=O)c7ccc(OC)cc7C6=O)CC4)C5=O)cc3)OC(=O)c3ccccc32)cc1. The van der Waals surface area contributed by atoms with E-state index in [0.29, 0.717) is 76.5 Å². The molecule has 3 heterocycles. The van der Waals surface area contributed by atoms with Gasteiger partial charge in [0.1, 0.15) is 23.0 Å². The Morgan fingerprint density at radius 2 is 0.964 bits per heavy atom. The van der Waals surface area contributed by atoms with Crippen molar-refractivity contribution in [2.75, 3.05) is 14.2 Å². The van der Waals surface area contributed by atoms with E-state index >= 15 is 0 Å². The van der Waals surface area contributed by atoms with Crippen LogP contribution in [0.4, 0.5) is 0 Å². The molecule has 5 aromatic rings. The van der Waals surface area contributed by atoms with E-state index in [9.17, 15) is 24.0 Å². The average Bonchev–Trinajstić information content (AvgIpc) is 3.77. The number of fused-ring (bicyclic) bond motifs is 3. The molecule has 4 aliphatic rings. The van der Waals surface area contributed by atoms with E-state index in [1.807, 2.05) is 48.5 Å². The van der Waals surface area contributed by atoms with Gasteiger partial charge in [-0.25, -0.2) is 4.79 Å². The molecule has 1 fully saturated rings. The van der Waals surface area contributed by atoms with Crippen molar-refractivity contribution in [1.29, 1.82) is 0 Å². The minimum Gasteiger partial charge on any atom is -0.497 e. The number of nitrogens with zero attached hydrogens (tertiary/aromatic N) is 2. The van der Waals surface area contributed by atoms with Gasteiger partial charge in [-0.15, -0.1) is 0 Å². The van der Waals surface area contributed by atoms with Gasteiger partial charge in [-0.1, -0.05) is 42.5 Å². The van der Waals surface area contributed by atoms with E-state index in [0.717, 1.165) is 11.1 Å². The first-order valence-electron chi connectivity index (χ1n) is 18.1. The van der Waals surface area contributed by atoms with Crippen molar-refractivity contribution in [2.45, 2.75) is 43.4 Å². The van der Waals surface area contributed by atoms with E-state index in [1.165, 1.54) is 16.9 Å². The first-order chi connectivity index (χ1) is 26.7. The largest absolute Gasteiger partial charge is 0.497 e. The highest BCUT2D eigenvalue weighted by atomic mass is 16.6. The summed E-state index contributed by atoms with van der Waals surface area (Å²) in [5.41, 5.74) is 2.71. The molecule has 0 saturated heterocycles. The number of cyclic esters (lactones) is 1. The number of hydrogen-bond acceptors (Lipinski definition) is 9. The Hall–Kier alpha value is -6.75. The molecule has 0 spiro atoms. The van der Waals surface area contributed by atoms with Gasteiger partial charge in [0, 0.05) is 28.8 Å². The van der Waals surface area contributed by atoms with Gasteiger partial charge in [0.05, 0.1) is 42.0 Å². The molecule has 0 radical (unpaired) electrons. The van der Waals surface area contributed by atoms with E-state index in [4.69, 9.17) is 18.9 Å². The highest BCUT2D eigenvalue weighted by Gasteiger charge is 2.49. The molecule has 1 saturated carbocycles. The van der Waals surface area contributed by atoms with E-state index in [1.54, 1.807) is 67.8 Å². The lowest BCUT2D eigenvalue weighted by atomic mass is 9.80. The normalized spacial score (nSPS) is 21.3. The molecule has 1 aliphatic carbocycles. The zero-order valence-corrected chi connectivity index (χ0v) is 29.9. The molecule has 1 atom stereocenters. The van der Waals surface area contributed by atoms with Gasteiger partial charge in [0.15, 0.2) is 5.60 Å². The summed E-state index contributed by atoms with van der Waals surface area (Å²) < 4.78 is 23.0. The number of hydrogen-bond donors (Lipinski definition) is 0. The quantitative estimate of drug-likeness (QED) is 0.120. The predicted octanol–water partition coefficient (Wildman–Crippen LogP) is 7.16. The molecule has 11 heteroatoms. The third kappa shape index (κ3) is 5.29. The Kier molecular flexibility index (Phi) is 8.03. The van der Waals surface area contributed by atoms with Gasteiger partial charge in [0.25, 0.3) is 23.6 Å². The van der Waals surface area contributed by atoms with Crippen molar-refractivity contribution in [1.82, 2.24) is 9.80 Å². The minimum atomic E-state index is -1.19. The number of rotatable bonds is 8. The van der Waals surface area contributed by atoms with Crippen LogP contribution < -0.4 is 14.2 Å². The number of carbonyl (C=O) groups excluding carboxylic acids is 5. The zero-order chi connectivity index (χ0) is 38.0. The minimum absolute atomic E-state index is 0.253. The highest BCUT2D eigenvalue weighted by Crippen LogP contribution is 2.48. The maximum absolute atomic E-state index is 13.8. The zero-order valence-electron chi connectivity index (χ0n) is 29.9. The summed E-state index contributed by atoms with van der Waals surface area (Å²) in [7, 11) is 3.10. The second kappa shape index (κ2) is 13.0. The van der Waals surface area contributed by atoms with E-state index < -0.39 is 17.5 Å². The van der Waals surface area contributed by atoms with Crippen molar-refractivity contribution >= 4 is 29.6 Å². The molecule has 1 unspecified atom stereocenters. The summed E-state index contributed by atoms with van der Waals surface area (Å²) in [6, 6.07) is 30.9. The van der Waals surface area contributed by atoms with Crippen molar-refractivity contribution in [3.05, 3.63) is 154 Å². The molecular formula is C44H34N2O9. The van der Waals surface area contributed by atoms with Crippen LogP contribution in [-0.4, -0.2) is 65.7 Å². The van der Waals surface area contributed by atoms with Crippen LogP contribution in [0.1, 0.15) is 94.2 Å². The Morgan fingerprint density at radius 1 is 0.509 bits per heavy atom. The Bertz CT molecular complexity index is 2430. The topological polar surface area (TPSA) is 129 Å². The molecule has 5 aromatic carbocycles. The smallest absolute Gasteiger partial charge is 0.340 e. The van der Waals surface area contributed by atoms with Crippen LogP contribution in [0.15, 0.2) is 109 Å². The first kappa shape index (κ1) is 34.0. The molecule has 4 amide bonds. The maximum Gasteiger partial charge on any atom is 0.340 e. The maximum atomic E-state index is 13.8.